The van der Waals surface area contributed by atoms with Crippen LogP contribution >= 0.6 is 0 Å². The summed E-state index contributed by atoms with van der Waals surface area (Å²) in [5.41, 5.74) is 1.29. The quantitative estimate of drug-likeness (QED) is 0.367. The van der Waals surface area contributed by atoms with Crippen molar-refractivity contribution in [2.45, 2.75) is 19.4 Å². The zero-order valence-electron chi connectivity index (χ0n) is 19.0. The number of benzene rings is 2. The molecule has 0 aliphatic carbocycles. The van der Waals surface area contributed by atoms with Gasteiger partial charge in [0.1, 0.15) is 17.3 Å². The van der Waals surface area contributed by atoms with Gasteiger partial charge >= 0.3 is 0 Å². The Balaban J connectivity index is 2.05. The highest BCUT2D eigenvalue weighted by atomic mass is 16.5. The molecule has 1 amide bonds. The van der Waals surface area contributed by atoms with E-state index in [1.54, 1.807) is 36.3 Å². The maximum atomic E-state index is 13.0. The van der Waals surface area contributed by atoms with Crippen LogP contribution in [0.25, 0.3) is 5.76 Å². The zero-order chi connectivity index (χ0) is 23.3. The number of ketones is 1. The van der Waals surface area contributed by atoms with Crippen molar-refractivity contribution in [2.75, 3.05) is 40.9 Å². The molecule has 1 heterocycles. The molecule has 0 unspecified atom stereocenters. The Morgan fingerprint density at radius 2 is 1.66 bits per heavy atom. The number of amides is 1. The monoisotopic (exact) mass is 438 g/mol. The second-order valence-electron chi connectivity index (χ2n) is 7.88. The van der Waals surface area contributed by atoms with Crippen LogP contribution in [0.15, 0.2) is 54.1 Å². The fourth-order valence-electron chi connectivity index (χ4n) is 3.83. The van der Waals surface area contributed by atoms with E-state index in [1.165, 1.54) is 0 Å². The predicted octanol–water partition coefficient (Wildman–Crippen LogP) is 3.47. The van der Waals surface area contributed by atoms with Crippen molar-refractivity contribution >= 4 is 17.4 Å². The Bertz CT molecular complexity index is 980. The third kappa shape index (κ3) is 4.94. The lowest BCUT2D eigenvalue weighted by Gasteiger charge is -2.26. The molecule has 0 saturated carbocycles. The average Bonchev–Trinajstić information content (AvgIpc) is 3.04. The first-order chi connectivity index (χ1) is 15.4. The molecule has 0 bridgehead atoms. The second kappa shape index (κ2) is 10.3. The lowest BCUT2D eigenvalue weighted by atomic mass is 9.95. The minimum absolute atomic E-state index is 0.0918. The Labute approximate surface area is 188 Å². The van der Waals surface area contributed by atoms with E-state index in [-0.39, 0.29) is 11.3 Å². The Morgan fingerprint density at radius 1 is 1.03 bits per heavy atom. The topological polar surface area (TPSA) is 79.3 Å². The minimum atomic E-state index is -0.679. The molecule has 1 aliphatic heterocycles. The number of hydrogen-bond acceptors (Lipinski definition) is 6. The summed E-state index contributed by atoms with van der Waals surface area (Å²) in [6, 6.07) is 13.4. The van der Waals surface area contributed by atoms with Gasteiger partial charge in [0.05, 0.1) is 25.3 Å². The van der Waals surface area contributed by atoms with Crippen LogP contribution in [0.2, 0.25) is 0 Å². The summed E-state index contributed by atoms with van der Waals surface area (Å²) in [4.78, 5) is 29.6. The minimum Gasteiger partial charge on any atom is -0.507 e. The fourth-order valence-corrected chi connectivity index (χ4v) is 3.83. The molecule has 1 saturated heterocycles. The molecule has 170 valence electrons. The first kappa shape index (κ1) is 23.3. The molecular weight excluding hydrogens is 408 g/mol. The zero-order valence-corrected chi connectivity index (χ0v) is 19.0. The van der Waals surface area contributed by atoms with Gasteiger partial charge in [-0.1, -0.05) is 12.1 Å². The molecule has 0 radical (unpaired) electrons. The summed E-state index contributed by atoms with van der Waals surface area (Å²) in [5, 5.41) is 11.1. The SMILES string of the molecule is CCOc1ccc([C@H]2/C(=C(\O)c3ccc(OC)cc3)C(=O)C(=O)N2CCCN(C)C)cc1. The number of aliphatic hydroxyl groups is 1. The maximum absolute atomic E-state index is 13.0. The van der Waals surface area contributed by atoms with Gasteiger partial charge in [-0.05, 0) is 75.9 Å². The van der Waals surface area contributed by atoms with Crippen molar-refractivity contribution in [1.29, 1.82) is 0 Å². The number of ether oxygens (including phenoxy) is 2. The van der Waals surface area contributed by atoms with Crippen LogP contribution in [0.5, 0.6) is 11.5 Å². The Hall–Kier alpha value is -3.32. The highest BCUT2D eigenvalue weighted by Gasteiger charge is 2.45. The van der Waals surface area contributed by atoms with E-state index in [9.17, 15) is 14.7 Å². The molecule has 1 N–H and O–H groups in total. The number of hydrogen-bond donors (Lipinski definition) is 1. The number of methoxy groups -OCH3 is 1. The second-order valence-corrected chi connectivity index (χ2v) is 7.88. The predicted molar refractivity (Wildman–Crippen MR) is 123 cm³/mol. The summed E-state index contributed by atoms with van der Waals surface area (Å²) < 4.78 is 10.7. The van der Waals surface area contributed by atoms with Crippen LogP contribution in [0.4, 0.5) is 0 Å². The lowest BCUT2D eigenvalue weighted by Crippen LogP contribution is -2.32. The fraction of sp³-hybridized carbons (Fsp3) is 0.360. The molecule has 2 aromatic rings. The van der Waals surface area contributed by atoms with Crippen LogP contribution in [-0.4, -0.2) is 67.5 Å². The van der Waals surface area contributed by atoms with E-state index in [4.69, 9.17) is 9.47 Å². The van der Waals surface area contributed by atoms with Crippen LogP contribution in [0.3, 0.4) is 0 Å². The van der Waals surface area contributed by atoms with Crippen molar-refractivity contribution in [1.82, 2.24) is 9.80 Å². The lowest BCUT2D eigenvalue weighted by molar-refractivity contribution is -0.139. The third-order valence-electron chi connectivity index (χ3n) is 5.41. The van der Waals surface area contributed by atoms with Crippen molar-refractivity contribution in [3.8, 4) is 11.5 Å². The van der Waals surface area contributed by atoms with E-state index < -0.39 is 17.7 Å². The normalized spacial score (nSPS) is 17.8. The third-order valence-corrected chi connectivity index (χ3v) is 5.41. The van der Waals surface area contributed by atoms with Crippen LogP contribution in [0.1, 0.15) is 30.5 Å². The Kier molecular flexibility index (Phi) is 7.53. The molecule has 7 nitrogen and oxygen atoms in total. The van der Waals surface area contributed by atoms with Gasteiger partial charge in [0.25, 0.3) is 11.7 Å². The number of Topliss-reactive ketones (excluding diaryl/α,β-unsaturated/α-hetero) is 1. The molecule has 0 spiro atoms. The molecule has 32 heavy (non-hydrogen) atoms. The molecule has 1 aliphatic rings. The van der Waals surface area contributed by atoms with E-state index in [2.05, 4.69) is 0 Å². The summed E-state index contributed by atoms with van der Waals surface area (Å²) in [6.07, 6.45) is 0.704. The van der Waals surface area contributed by atoms with E-state index in [0.29, 0.717) is 36.6 Å². The van der Waals surface area contributed by atoms with Crippen LogP contribution < -0.4 is 9.47 Å². The number of nitrogens with zero attached hydrogens (tertiary/aromatic N) is 2. The average molecular weight is 439 g/mol. The van der Waals surface area contributed by atoms with E-state index in [1.807, 2.05) is 50.2 Å². The van der Waals surface area contributed by atoms with Crippen molar-refractivity contribution in [3.05, 3.63) is 65.2 Å². The number of carbonyl (C=O) groups is 2. The van der Waals surface area contributed by atoms with Crippen LogP contribution in [-0.2, 0) is 9.59 Å². The van der Waals surface area contributed by atoms with Gasteiger partial charge in [0, 0.05) is 12.1 Å². The van der Waals surface area contributed by atoms with Gasteiger partial charge in [-0.3, -0.25) is 9.59 Å². The highest BCUT2D eigenvalue weighted by molar-refractivity contribution is 6.46. The molecule has 0 aromatic heterocycles. The van der Waals surface area contributed by atoms with Gasteiger partial charge in [-0.25, -0.2) is 0 Å². The van der Waals surface area contributed by atoms with Crippen molar-refractivity contribution in [2.24, 2.45) is 0 Å². The molecule has 7 heteroatoms. The largest absolute Gasteiger partial charge is 0.507 e. The number of likely N-dealkylation sites (tertiary alicyclic amines) is 1. The Morgan fingerprint density at radius 3 is 2.22 bits per heavy atom. The summed E-state index contributed by atoms with van der Waals surface area (Å²) >= 11 is 0. The van der Waals surface area contributed by atoms with Crippen LogP contribution in [0, 0.1) is 0 Å². The molecule has 1 atom stereocenters. The maximum Gasteiger partial charge on any atom is 0.295 e. The van der Waals surface area contributed by atoms with Gasteiger partial charge in [0.2, 0.25) is 0 Å². The van der Waals surface area contributed by atoms with Gasteiger partial charge in [-0.15, -0.1) is 0 Å². The first-order valence-corrected chi connectivity index (χ1v) is 10.7. The number of aliphatic hydroxyl groups excluding tert-OH is 1. The van der Waals surface area contributed by atoms with Gasteiger partial charge in [0.15, 0.2) is 0 Å². The number of carbonyl (C=O) groups excluding carboxylic acids is 2. The summed E-state index contributed by atoms with van der Waals surface area (Å²) in [6.45, 7) is 3.62. The standard InChI is InChI=1S/C25H30N2O5/c1-5-32-20-13-7-17(8-14-20)22-21(23(28)18-9-11-19(31-4)12-10-18)24(29)25(30)27(22)16-6-15-26(2)3/h7-14,22,28H,5-6,15-16H2,1-4H3/b23-21+/t22-/m0/s1. The smallest absolute Gasteiger partial charge is 0.295 e. The highest BCUT2D eigenvalue weighted by Crippen LogP contribution is 2.40. The van der Waals surface area contributed by atoms with Gasteiger partial charge < -0.3 is 24.4 Å². The molecule has 3 rings (SSSR count). The number of rotatable bonds is 9. The summed E-state index contributed by atoms with van der Waals surface area (Å²) in [7, 11) is 5.48. The van der Waals surface area contributed by atoms with Crippen molar-refractivity contribution < 1.29 is 24.2 Å². The van der Waals surface area contributed by atoms with E-state index >= 15 is 0 Å². The molecule has 1 fully saturated rings. The summed E-state index contributed by atoms with van der Waals surface area (Å²) in [5.74, 6) is -0.135. The first-order valence-electron chi connectivity index (χ1n) is 10.7. The van der Waals surface area contributed by atoms with Gasteiger partial charge in [-0.2, -0.15) is 0 Å². The molecule has 2 aromatic carbocycles. The van der Waals surface area contributed by atoms with E-state index in [0.717, 1.165) is 12.1 Å². The molecular formula is C25H30N2O5. The van der Waals surface area contributed by atoms with Crippen molar-refractivity contribution in [3.63, 3.8) is 0 Å².